The first-order valence-electron chi connectivity index (χ1n) is 7.53. The summed E-state index contributed by atoms with van der Waals surface area (Å²) in [5, 5.41) is 2.10. The molecule has 24 heavy (non-hydrogen) atoms. The van der Waals surface area contributed by atoms with Crippen molar-refractivity contribution >= 4 is 22.7 Å². The van der Waals surface area contributed by atoms with Gasteiger partial charge in [0.1, 0.15) is 0 Å². The Morgan fingerprint density at radius 2 is 1.17 bits per heavy atom. The van der Waals surface area contributed by atoms with E-state index < -0.39 is 11.9 Å². The number of ether oxygens (including phenoxy) is 2. The van der Waals surface area contributed by atoms with E-state index in [1.807, 2.05) is 36.4 Å². The highest BCUT2D eigenvalue weighted by Crippen LogP contribution is 2.50. The molecule has 0 atom stereocenters. The van der Waals surface area contributed by atoms with Gasteiger partial charge < -0.3 is 9.47 Å². The van der Waals surface area contributed by atoms with Gasteiger partial charge in [-0.25, -0.2) is 9.59 Å². The highest BCUT2D eigenvalue weighted by Gasteiger charge is 2.30. The summed E-state index contributed by atoms with van der Waals surface area (Å²) in [7, 11) is 2.71. The molecule has 3 aromatic rings. The third-order valence-electron chi connectivity index (χ3n) is 4.46. The summed E-state index contributed by atoms with van der Waals surface area (Å²) in [5.41, 5.74) is 4.23. The number of hydrogen-bond donors (Lipinski definition) is 0. The summed E-state index contributed by atoms with van der Waals surface area (Å²) in [6.45, 7) is 0. The first kappa shape index (κ1) is 14.5. The van der Waals surface area contributed by atoms with Gasteiger partial charge in [-0.1, -0.05) is 36.4 Å². The lowest BCUT2D eigenvalue weighted by atomic mass is 9.93. The molecule has 118 valence electrons. The van der Waals surface area contributed by atoms with Crippen molar-refractivity contribution in [2.24, 2.45) is 0 Å². The van der Waals surface area contributed by atoms with Gasteiger partial charge in [-0.2, -0.15) is 0 Å². The Hall–Kier alpha value is -3.14. The summed E-state index contributed by atoms with van der Waals surface area (Å²) in [6.07, 6.45) is 0. The molecular weight excluding hydrogens is 304 g/mol. The smallest absolute Gasteiger partial charge is 0.338 e. The molecule has 0 aliphatic heterocycles. The van der Waals surface area contributed by atoms with Crippen molar-refractivity contribution in [3.8, 4) is 22.3 Å². The fourth-order valence-electron chi connectivity index (χ4n) is 3.48. The number of fused-ring (bicyclic) bond motifs is 3. The molecule has 0 unspecified atom stereocenters. The second-order valence-electron chi connectivity index (χ2n) is 5.60. The Bertz CT molecular complexity index is 940. The first-order valence-corrected chi connectivity index (χ1v) is 7.53. The van der Waals surface area contributed by atoms with E-state index in [9.17, 15) is 9.59 Å². The molecule has 4 nitrogen and oxygen atoms in total. The summed E-state index contributed by atoms with van der Waals surface area (Å²) in [6, 6.07) is 15.1. The molecule has 0 heterocycles. The van der Waals surface area contributed by atoms with Crippen LogP contribution in [0, 0.1) is 0 Å². The second kappa shape index (κ2) is 5.20. The molecule has 3 aromatic carbocycles. The molecule has 1 aliphatic rings. The Morgan fingerprint density at radius 3 is 1.58 bits per heavy atom. The van der Waals surface area contributed by atoms with Gasteiger partial charge in [0.05, 0.1) is 25.3 Å². The van der Waals surface area contributed by atoms with Crippen molar-refractivity contribution < 1.29 is 19.1 Å². The molecule has 4 rings (SSSR count). The predicted molar refractivity (Wildman–Crippen MR) is 91.1 cm³/mol. The zero-order valence-corrected chi connectivity index (χ0v) is 13.3. The second-order valence-corrected chi connectivity index (χ2v) is 5.60. The Morgan fingerprint density at radius 1 is 0.708 bits per heavy atom. The van der Waals surface area contributed by atoms with Crippen LogP contribution in [0.3, 0.4) is 0 Å². The maximum Gasteiger partial charge on any atom is 0.338 e. The van der Waals surface area contributed by atoms with Crippen LogP contribution in [0.25, 0.3) is 33.0 Å². The lowest BCUT2D eigenvalue weighted by molar-refractivity contribution is 0.0588. The Labute approximate surface area is 138 Å². The fourth-order valence-corrected chi connectivity index (χ4v) is 3.48. The zero-order chi connectivity index (χ0) is 16.8. The van der Waals surface area contributed by atoms with Crippen molar-refractivity contribution in [1.82, 2.24) is 0 Å². The summed E-state index contributed by atoms with van der Waals surface area (Å²) < 4.78 is 9.86. The lowest BCUT2D eigenvalue weighted by Crippen LogP contribution is -2.08. The minimum Gasteiger partial charge on any atom is -0.465 e. The van der Waals surface area contributed by atoms with Gasteiger partial charge in [0.25, 0.3) is 0 Å². The van der Waals surface area contributed by atoms with Gasteiger partial charge in [0.2, 0.25) is 0 Å². The molecule has 0 fully saturated rings. The summed E-state index contributed by atoms with van der Waals surface area (Å²) in [5.74, 6) is -0.847. The molecule has 0 bridgehead atoms. The number of hydrogen-bond acceptors (Lipinski definition) is 4. The number of esters is 2. The largest absolute Gasteiger partial charge is 0.465 e. The molecule has 1 aliphatic carbocycles. The molecule has 0 aromatic heterocycles. The van der Waals surface area contributed by atoms with Gasteiger partial charge >= 0.3 is 11.9 Å². The third kappa shape index (κ3) is 1.80. The summed E-state index contributed by atoms with van der Waals surface area (Å²) in [4.78, 5) is 24.5. The van der Waals surface area contributed by atoms with Crippen molar-refractivity contribution in [2.75, 3.05) is 14.2 Å². The topological polar surface area (TPSA) is 52.6 Å². The average molecular weight is 318 g/mol. The maximum absolute atomic E-state index is 12.3. The van der Waals surface area contributed by atoms with Crippen LogP contribution in [0.1, 0.15) is 20.7 Å². The Kier molecular flexibility index (Phi) is 3.13. The van der Waals surface area contributed by atoms with E-state index in [0.29, 0.717) is 11.1 Å². The van der Waals surface area contributed by atoms with E-state index in [1.165, 1.54) is 14.2 Å². The van der Waals surface area contributed by atoms with Crippen LogP contribution < -0.4 is 0 Å². The van der Waals surface area contributed by atoms with Gasteiger partial charge in [0.15, 0.2) is 0 Å². The molecule has 0 radical (unpaired) electrons. The number of benzene rings is 3. The van der Waals surface area contributed by atoms with E-state index in [4.69, 9.17) is 9.47 Å². The van der Waals surface area contributed by atoms with E-state index >= 15 is 0 Å². The number of carbonyl (C=O) groups excluding carboxylic acids is 2. The molecule has 0 N–H and O–H groups in total. The van der Waals surface area contributed by atoms with Gasteiger partial charge in [-0.15, -0.1) is 0 Å². The van der Waals surface area contributed by atoms with Crippen LogP contribution in [0.2, 0.25) is 0 Å². The van der Waals surface area contributed by atoms with Gasteiger partial charge in [-0.3, -0.25) is 0 Å². The zero-order valence-electron chi connectivity index (χ0n) is 13.3. The molecule has 0 spiro atoms. The van der Waals surface area contributed by atoms with Crippen molar-refractivity contribution in [3.05, 3.63) is 59.7 Å². The number of methoxy groups -OCH3 is 2. The number of carbonyl (C=O) groups is 2. The molecule has 0 saturated heterocycles. The summed E-state index contributed by atoms with van der Waals surface area (Å²) >= 11 is 0. The van der Waals surface area contributed by atoms with E-state index in [0.717, 1.165) is 33.0 Å². The number of rotatable bonds is 2. The quantitative estimate of drug-likeness (QED) is 0.523. The lowest BCUT2D eigenvalue weighted by Gasteiger charge is -2.12. The highest BCUT2D eigenvalue weighted by atomic mass is 16.5. The molecule has 4 heteroatoms. The minimum atomic E-state index is -0.424. The van der Waals surface area contributed by atoms with Crippen LogP contribution in [-0.2, 0) is 9.47 Å². The molecular formula is C20H14O4. The highest BCUT2D eigenvalue weighted by molar-refractivity contribution is 6.22. The average Bonchev–Trinajstić information content (AvgIpc) is 2.97. The van der Waals surface area contributed by atoms with Crippen LogP contribution in [-0.4, -0.2) is 26.2 Å². The van der Waals surface area contributed by atoms with Crippen LogP contribution >= 0.6 is 0 Å². The Balaban J connectivity index is 2.18. The fraction of sp³-hybridized carbons (Fsp3) is 0.100. The van der Waals surface area contributed by atoms with Gasteiger partial charge in [-0.05, 0) is 34.0 Å². The first-order chi connectivity index (χ1) is 11.7. The predicted octanol–water partition coefficient (Wildman–Crippen LogP) is 4.06. The maximum atomic E-state index is 12.3. The minimum absolute atomic E-state index is 0.424. The van der Waals surface area contributed by atoms with E-state index in [-0.39, 0.29) is 0 Å². The molecule has 0 amide bonds. The van der Waals surface area contributed by atoms with Crippen LogP contribution in [0.5, 0.6) is 0 Å². The van der Waals surface area contributed by atoms with Crippen molar-refractivity contribution in [2.45, 2.75) is 0 Å². The van der Waals surface area contributed by atoms with E-state index in [2.05, 4.69) is 0 Å². The van der Waals surface area contributed by atoms with E-state index in [1.54, 1.807) is 12.1 Å². The standard InChI is InChI=1S/C20H14O4/c1-23-19(21)14-9-10-15(20(22)24-2)18-13-8-4-6-11-5-3-7-12(16(11)13)17(14)18/h3-10H,1-2H3. The van der Waals surface area contributed by atoms with Gasteiger partial charge in [0, 0.05) is 11.1 Å². The monoisotopic (exact) mass is 318 g/mol. The normalized spacial score (nSPS) is 11.2. The molecule has 0 saturated carbocycles. The third-order valence-corrected chi connectivity index (χ3v) is 4.46. The van der Waals surface area contributed by atoms with Crippen molar-refractivity contribution in [3.63, 3.8) is 0 Å². The SMILES string of the molecule is COC(=O)c1ccc(C(=O)OC)c2c1-c1cccc3cccc-2c13. The van der Waals surface area contributed by atoms with Crippen LogP contribution in [0.4, 0.5) is 0 Å². The van der Waals surface area contributed by atoms with Crippen LogP contribution in [0.15, 0.2) is 48.5 Å². The van der Waals surface area contributed by atoms with Crippen molar-refractivity contribution in [1.29, 1.82) is 0 Å².